The van der Waals surface area contributed by atoms with E-state index in [0.29, 0.717) is 5.69 Å². The number of halogens is 2. The van der Waals surface area contributed by atoms with Crippen LogP contribution in [0.2, 0.25) is 0 Å². The van der Waals surface area contributed by atoms with Gasteiger partial charge in [-0.2, -0.15) is 5.10 Å². The van der Waals surface area contributed by atoms with E-state index < -0.39 is 24.2 Å². The average Bonchev–Trinajstić information content (AvgIpc) is 2.66. The Hall–Kier alpha value is -1.01. The first-order valence-corrected chi connectivity index (χ1v) is 5.51. The number of nitrogens with two attached hydrogens (primary N) is 1. The third-order valence-corrected chi connectivity index (χ3v) is 3.23. The zero-order valence-electron chi connectivity index (χ0n) is 10.2. The molecule has 6 heteroatoms. The molecule has 17 heavy (non-hydrogen) atoms. The molecule has 2 N–H and O–H groups in total. The fourth-order valence-corrected chi connectivity index (χ4v) is 2.31. The molecular formula is C11H17F2N3O. The molecule has 0 bridgehead atoms. The summed E-state index contributed by atoms with van der Waals surface area (Å²) in [6.45, 7) is 2.91. The van der Waals surface area contributed by atoms with Crippen molar-refractivity contribution in [2.75, 3.05) is 6.61 Å². The highest BCUT2D eigenvalue weighted by molar-refractivity contribution is 5.22. The lowest BCUT2D eigenvalue weighted by Gasteiger charge is -2.29. The minimum atomic E-state index is -2.80. The van der Waals surface area contributed by atoms with Gasteiger partial charge in [0.05, 0.1) is 17.3 Å². The molecule has 1 aromatic heterocycles. The average molecular weight is 245 g/mol. The molecule has 1 aliphatic rings. The third kappa shape index (κ3) is 2.19. The van der Waals surface area contributed by atoms with Crippen LogP contribution in [0.5, 0.6) is 0 Å². The van der Waals surface area contributed by atoms with E-state index in [1.807, 2.05) is 13.1 Å². The van der Waals surface area contributed by atoms with E-state index in [0.717, 1.165) is 5.56 Å². The van der Waals surface area contributed by atoms with Crippen LogP contribution in [-0.4, -0.2) is 27.9 Å². The van der Waals surface area contributed by atoms with Crippen molar-refractivity contribution in [2.24, 2.45) is 12.8 Å². The fraction of sp³-hybridized carbons (Fsp3) is 0.727. The van der Waals surface area contributed by atoms with Gasteiger partial charge < -0.3 is 10.5 Å². The molecule has 1 unspecified atom stereocenters. The molecule has 2 heterocycles. The van der Waals surface area contributed by atoms with Crippen molar-refractivity contribution in [1.29, 1.82) is 0 Å². The summed E-state index contributed by atoms with van der Waals surface area (Å²) in [5.74, 6) is -2.80. The maximum Gasteiger partial charge on any atom is 0.273 e. The van der Waals surface area contributed by atoms with Crippen LogP contribution in [-0.2, 0) is 11.8 Å². The van der Waals surface area contributed by atoms with Gasteiger partial charge in [0.25, 0.3) is 5.92 Å². The second kappa shape index (κ2) is 3.74. The van der Waals surface area contributed by atoms with Crippen LogP contribution in [0.1, 0.15) is 30.6 Å². The lowest BCUT2D eigenvalue weighted by atomic mass is 9.89. The van der Waals surface area contributed by atoms with Gasteiger partial charge in [0.1, 0.15) is 6.61 Å². The highest BCUT2D eigenvalue weighted by atomic mass is 19.3. The Kier molecular flexibility index (Phi) is 2.74. The molecule has 0 radical (unpaired) electrons. The summed E-state index contributed by atoms with van der Waals surface area (Å²) in [5.41, 5.74) is 6.49. The van der Waals surface area contributed by atoms with E-state index in [4.69, 9.17) is 10.5 Å². The molecule has 1 fully saturated rings. The summed E-state index contributed by atoms with van der Waals surface area (Å²) < 4.78 is 33.3. The van der Waals surface area contributed by atoms with Crippen LogP contribution < -0.4 is 5.73 Å². The highest BCUT2D eigenvalue weighted by Gasteiger charge is 2.52. The first kappa shape index (κ1) is 12.4. The number of aromatic nitrogens is 2. The van der Waals surface area contributed by atoms with E-state index in [1.54, 1.807) is 18.7 Å². The maximum absolute atomic E-state index is 13.2. The van der Waals surface area contributed by atoms with Gasteiger partial charge in [0.15, 0.2) is 0 Å². The summed E-state index contributed by atoms with van der Waals surface area (Å²) in [6.07, 6.45) is 1.45. The standard InChI is InChI=1S/C11H17F2N3O/c1-7-4-16(3)15-8(7)9(14)10(2)5-11(12,13)6-17-10/h4,9H,5-6,14H2,1-3H3/t9?,10-/m0/s1. The van der Waals surface area contributed by atoms with Crippen molar-refractivity contribution in [3.8, 4) is 0 Å². The molecular weight excluding hydrogens is 228 g/mol. The monoisotopic (exact) mass is 245 g/mol. The zero-order valence-corrected chi connectivity index (χ0v) is 10.2. The molecule has 96 valence electrons. The molecule has 1 saturated heterocycles. The van der Waals surface area contributed by atoms with Crippen molar-refractivity contribution in [3.05, 3.63) is 17.5 Å². The Morgan fingerprint density at radius 1 is 1.59 bits per heavy atom. The van der Waals surface area contributed by atoms with Gasteiger partial charge in [-0.1, -0.05) is 0 Å². The number of aryl methyl sites for hydroxylation is 2. The SMILES string of the molecule is Cc1cn(C)nc1C(N)[C@]1(C)CC(F)(F)CO1. The van der Waals surface area contributed by atoms with Crippen molar-refractivity contribution in [1.82, 2.24) is 9.78 Å². The van der Waals surface area contributed by atoms with Gasteiger partial charge in [0.2, 0.25) is 0 Å². The van der Waals surface area contributed by atoms with Gasteiger partial charge in [-0.05, 0) is 19.4 Å². The number of nitrogens with zero attached hydrogens (tertiary/aromatic N) is 2. The van der Waals surface area contributed by atoms with E-state index in [2.05, 4.69) is 5.10 Å². The van der Waals surface area contributed by atoms with Gasteiger partial charge >= 0.3 is 0 Å². The molecule has 0 aliphatic carbocycles. The quantitative estimate of drug-likeness (QED) is 0.860. The predicted molar refractivity (Wildman–Crippen MR) is 58.8 cm³/mol. The van der Waals surface area contributed by atoms with Crippen molar-refractivity contribution in [2.45, 2.75) is 37.8 Å². The second-order valence-electron chi connectivity index (χ2n) is 4.98. The largest absolute Gasteiger partial charge is 0.367 e. The molecule has 0 saturated carbocycles. The Balaban J connectivity index is 2.26. The van der Waals surface area contributed by atoms with Crippen LogP contribution in [0.25, 0.3) is 0 Å². The van der Waals surface area contributed by atoms with E-state index in [9.17, 15) is 8.78 Å². The lowest BCUT2D eigenvalue weighted by Crippen LogP contribution is -2.39. The smallest absolute Gasteiger partial charge is 0.273 e. The van der Waals surface area contributed by atoms with Crippen LogP contribution in [0.15, 0.2) is 6.20 Å². The Labute approximate surface area is 98.7 Å². The molecule has 0 spiro atoms. The van der Waals surface area contributed by atoms with Gasteiger partial charge in [-0.15, -0.1) is 0 Å². The Morgan fingerprint density at radius 2 is 2.24 bits per heavy atom. The van der Waals surface area contributed by atoms with Crippen molar-refractivity contribution >= 4 is 0 Å². The number of hydrogen-bond donors (Lipinski definition) is 1. The number of rotatable bonds is 2. The van der Waals surface area contributed by atoms with Gasteiger partial charge in [-0.3, -0.25) is 4.68 Å². The number of hydrogen-bond acceptors (Lipinski definition) is 3. The number of alkyl halides is 2. The first-order chi connectivity index (χ1) is 7.73. The summed E-state index contributed by atoms with van der Waals surface area (Å²) in [6, 6.07) is -0.642. The summed E-state index contributed by atoms with van der Waals surface area (Å²) in [7, 11) is 1.77. The predicted octanol–water partition coefficient (Wildman–Crippen LogP) is 1.54. The Morgan fingerprint density at radius 3 is 2.65 bits per heavy atom. The molecule has 4 nitrogen and oxygen atoms in total. The lowest BCUT2D eigenvalue weighted by molar-refractivity contribution is -0.0268. The third-order valence-electron chi connectivity index (χ3n) is 3.23. The topological polar surface area (TPSA) is 53.1 Å². The normalized spacial score (nSPS) is 29.5. The summed E-state index contributed by atoms with van der Waals surface area (Å²) >= 11 is 0. The molecule has 2 rings (SSSR count). The van der Waals surface area contributed by atoms with E-state index >= 15 is 0 Å². The van der Waals surface area contributed by atoms with Gasteiger partial charge in [-0.25, -0.2) is 8.78 Å². The minimum Gasteiger partial charge on any atom is -0.367 e. The Bertz CT molecular complexity index is 432. The first-order valence-electron chi connectivity index (χ1n) is 5.51. The summed E-state index contributed by atoms with van der Waals surface area (Å²) in [5, 5.41) is 4.21. The van der Waals surface area contributed by atoms with E-state index in [1.165, 1.54) is 0 Å². The van der Waals surface area contributed by atoms with Crippen molar-refractivity contribution in [3.63, 3.8) is 0 Å². The van der Waals surface area contributed by atoms with E-state index in [-0.39, 0.29) is 6.42 Å². The molecule has 1 aliphatic heterocycles. The van der Waals surface area contributed by atoms with Crippen LogP contribution in [0, 0.1) is 6.92 Å². The zero-order chi connectivity index (χ0) is 12.8. The molecule has 0 aromatic carbocycles. The minimum absolute atomic E-state index is 0.364. The molecule has 1 aromatic rings. The fourth-order valence-electron chi connectivity index (χ4n) is 2.31. The highest BCUT2D eigenvalue weighted by Crippen LogP contribution is 2.43. The van der Waals surface area contributed by atoms with Crippen LogP contribution in [0.4, 0.5) is 8.78 Å². The molecule has 2 atom stereocenters. The van der Waals surface area contributed by atoms with Crippen molar-refractivity contribution < 1.29 is 13.5 Å². The summed E-state index contributed by atoms with van der Waals surface area (Å²) in [4.78, 5) is 0. The maximum atomic E-state index is 13.2. The number of ether oxygens (including phenoxy) is 1. The molecule has 0 amide bonds. The van der Waals surface area contributed by atoms with Crippen LogP contribution >= 0.6 is 0 Å². The second-order valence-corrected chi connectivity index (χ2v) is 4.98. The van der Waals surface area contributed by atoms with Crippen LogP contribution in [0.3, 0.4) is 0 Å². The van der Waals surface area contributed by atoms with Gasteiger partial charge in [0, 0.05) is 19.7 Å².